The van der Waals surface area contributed by atoms with E-state index in [1.54, 1.807) is 24.1 Å². The number of ether oxygens (including phenoxy) is 1. The van der Waals surface area contributed by atoms with Crippen LogP contribution in [-0.4, -0.2) is 50.0 Å². The van der Waals surface area contributed by atoms with E-state index in [-0.39, 0.29) is 24.1 Å². The van der Waals surface area contributed by atoms with Gasteiger partial charge >= 0.3 is 0 Å². The lowest BCUT2D eigenvalue weighted by Crippen LogP contribution is -2.49. The summed E-state index contributed by atoms with van der Waals surface area (Å²) in [7, 11) is 1.59. The minimum Gasteiger partial charge on any atom is -0.497 e. The second kappa shape index (κ2) is 9.41. The average Bonchev–Trinajstić information content (AvgIpc) is 2.73. The second-order valence-corrected chi connectivity index (χ2v) is 7.05. The van der Waals surface area contributed by atoms with Crippen molar-refractivity contribution in [3.8, 4) is 5.75 Å². The lowest BCUT2D eigenvalue weighted by Gasteiger charge is -2.36. The molecule has 1 N–H and O–H groups in total. The summed E-state index contributed by atoms with van der Waals surface area (Å²) in [6, 6.07) is 13.6. The van der Waals surface area contributed by atoms with E-state index in [0.717, 1.165) is 5.56 Å². The van der Waals surface area contributed by atoms with Crippen LogP contribution in [0, 0.1) is 5.82 Å². The molecule has 2 aromatic rings. The smallest absolute Gasteiger partial charge is 0.225 e. The molecule has 1 heterocycles. The number of nitrogens with zero attached hydrogens (tertiary/aromatic N) is 2. The van der Waals surface area contributed by atoms with E-state index in [1.165, 1.54) is 13.0 Å². The zero-order valence-electron chi connectivity index (χ0n) is 16.7. The third-order valence-electron chi connectivity index (χ3n) is 5.10. The number of para-hydroxylation sites is 1. The fourth-order valence-electron chi connectivity index (χ4n) is 3.54. The van der Waals surface area contributed by atoms with E-state index in [9.17, 15) is 14.0 Å². The zero-order valence-corrected chi connectivity index (χ0v) is 16.7. The minimum atomic E-state index is -0.407. The van der Waals surface area contributed by atoms with E-state index in [2.05, 4.69) is 5.32 Å². The molecule has 0 bridgehead atoms. The van der Waals surface area contributed by atoms with Crippen LogP contribution in [0.4, 0.5) is 10.1 Å². The molecule has 1 unspecified atom stereocenters. The summed E-state index contributed by atoms with van der Waals surface area (Å²) in [5.41, 5.74) is 1.41. The number of anilines is 1. The van der Waals surface area contributed by atoms with Crippen LogP contribution in [0.2, 0.25) is 0 Å². The van der Waals surface area contributed by atoms with Gasteiger partial charge in [-0.05, 0) is 29.8 Å². The lowest BCUT2D eigenvalue weighted by molar-refractivity contribution is -0.132. The summed E-state index contributed by atoms with van der Waals surface area (Å²) in [6.45, 7) is 3.61. The number of methoxy groups -OCH3 is 1. The summed E-state index contributed by atoms with van der Waals surface area (Å²) in [4.78, 5) is 28.2. The Morgan fingerprint density at radius 2 is 1.72 bits per heavy atom. The van der Waals surface area contributed by atoms with Gasteiger partial charge in [-0.15, -0.1) is 0 Å². The molecule has 7 heteroatoms. The van der Waals surface area contributed by atoms with Gasteiger partial charge in [0, 0.05) is 33.1 Å². The van der Waals surface area contributed by atoms with Gasteiger partial charge in [-0.25, -0.2) is 4.39 Å². The number of nitrogens with one attached hydrogen (secondary N) is 1. The van der Waals surface area contributed by atoms with Crippen LogP contribution in [0.3, 0.4) is 0 Å². The maximum absolute atomic E-state index is 14.0. The molecule has 1 saturated heterocycles. The summed E-state index contributed by atoms with van der Waals surface area (Å²) in [5, 5.41) is 2.86. The molecular weight excluding hydrogens is 373 g/mol. The number of hydrogen-bond acceptors (Lipinski definition) is 4. The van der Waals surface area contributed by atoms with E-state index in [1.807, 2.05) is 35.2 Å². The third-order valence-corrected chi connectivity index (χ3v) is 5.10. The number of carbonyl (C=O) groups is 2. The first-order chi connectivity index (χ1) is 14.0. The molecule has 1 atom stereocenters. The van der Waals surface area contributed by atoms with Crippen LogP contribution in [0.15, 0.2) is 48.5 Å². The number of benzene rings is 2. The van der Waals surface area contributed by atoms with Crippen molar-refractivity contribution in [2.45, 2.75) is 19.4 Å². The van der Waals surface area contributed by atoms with Crippen molar-refractivity contribution in [2.75, 3.05) is 38.2 Å². The van der Waals surface area contributed by atoms with Crippen LogP contribution in [0.25, 0.3) is 0 Å². The van der Waals surface area contributed by atoms with Gasteiger partial charge in [0.05, 0.1) is 25.3 Å². The molecule has 0 saturated carbocycles. The van der Waals surface area contributed by atoms with E-state index < -0.39 is 6.04 Å². The van der Waals surface area contributed by atoms with Crippen molar-refractivity contribution in [1.82, 2.24) is 10.2 Å². The Balaban J connectivity index is 1.62. The van der Waals surface area contributed by atoms with Crippen LogP contribution >= 0.6 is 0 Å². The highest BCUT2D eigenvalue weighted by Crippen LogP contribution is 2.23. The van der Waals surface area contributed by atoms with Gasteiger partial charge < -0.3 is 19.9 Å². The summed E-state index contributed by atoms with van der Waals surface area (Å²) in [5.74, 6) is 0.235. The predicted octanol–water partition coefficient (Wildman–Crippen LogP) is 2.75. The first-order valence-electron chi connectivity index (χ1n) is 9.66. The molecule has 0 spiro atoms. The number of halogens is 1. The fourth-order valence-corrected chi connectivity index (χ4v) is 3.54. The molecule has 0 radical (unpaired) electrons. The Bertz CT molecular complexity index is 849. The van der Waals surface area contributed by atoms with Crippen molar-refractivity contribution in [1.29, 1.82) is 0 Å². The van der Waals surface area contributed by atoms with Gasteiger partial charge in [0.2, 0.25) is 11.8 Å². The standard InChI is InChI=1S/C22H26FN3O3/c1-16(27)24-20(17-7-9-18(29-2)10-8-17)15-22(28)26-13-11-25(12-14-26)21-6-4-3-5-19(21)23/h3-10,20H,11-15H2,1-2H3,(H,24,27). The van der Waals surface area contributed by atoms with Crippen molar-refractivity contribution < 1.29 is 18.7 Å². The molecular formula is C22H26FN3O3. The first kappa shape index (κ1) is 20.6. The number of rotatable bonds is 6. The topological polar surface area (TPSA) is 61.9 Å². The van der Waals surface area contributed by atoms with Crippen LogP contribution in [0.5, 0.6) is 5.75 Å². The second-order valence-electron chi connectivity index (χ2n) is 7.05. The van der Waals surface area contributed by atoms with Gasteiger partial charge in [-0.1, -0.05) is 24.3 Å². The number of hydrogen-bond donors (Lipinski definition) is 1. The highest BCUT2D eigenvalue weighted by molar-refractivity contribution is 5.79. The summed E-state index contributed by atoms with van der Waals surface area (Å²) in [6.07, 6.45) is 0.172. The van der Waals surface area contributed by atoms with Gasteiger partial charge in [0.25, 0.3) is 0 Å². The van der Waals surface area contributed by atoms with Crippen molar-refractivity contribution >= 4 is 17.5 Å². The molecule has 0 aliphatic carbocycles. The molecule has 1 aliphatic rings. The summed E-state index contributed by atoms with van der Waals surface area (Å²) < 4.78 is 19.2. The number of carbonyl (C=O) groups excluding carboxylic acids is 2. The molecule has 0 aromatic heterocycles. The Kier molecular flexibility index (Phi) is 6.69. The zero-order chi connectivity index (χ0) is 20.8. The van der Waals surface area contributed by atoms with Gasteiger partial charge in [0.1, 0.15) is 11.6 Å². The third kappa shape index (κ3) is 5.25. The lowest BCUT2D eigenvalue weighted by atomic mass is 10.0. The predicted molar refractivity (Wildman–Crippen MR) is 109 cm³/mol. The summed E-state index contributed by atoms with van der Waals surface area (Å²) >= 11 is 0. The quantitative estimate of drug-likeness (QED) is 0.812. The molecule has 3 rings (SSSR count). The molecule has 1 fully saturated rings. The minimum absolute atomic E-state index is 0.0345. The molecule has 2 amide bonds. The van der Waals surface area contributed by atoms with Crippen molar-refractivity contribution in [3.63, 3.8) is 0 Å². The van der Waals surface area contributed by atoms with Gasteiger partial charge in [-0.2, -0.15) is 0 Å². The van der Waals surface area contributed by atoms with Gasteiger partial charge in [0.15, 0.2) is 0 Å². The number of amides is 2. The molecule has 6 nitrogen and oxygen atoms in total. The van der Waals surface area contributed by atoms with Gasteiger partial charge in [-0.3, -0.25) is 9.59 Å². The average molecular weight is 399 g/mol. The SMILES string of the molecule is COc1ccc(C(CC(=O)N2CCN(c3ccccc3F)CC2)NC(C)=O)cc1. The highest BCUT2D eigenvalue weighted by atomic mass is 19.1. The molecule has 2 aromatic carbocycles. The van der Waals surface area contributed by atoms with E-state index in [0.29, 0.717) is 37.6 Å². The van der Waals surface area contributed by atoms with Crippen molar-refractivity contribution in [3.05, 3.63) is 59.9 Å². The molecule has 29 heavy (non-hydrogen) atoms. The fraction of sp³-hybridized carbons (Fsp3) is 0.364. The maximum atomic E-state index is 14.0. The molecule has 154 valence electrons. The Morgan fingerprint density at radius 1 is 1.07 bits per heavy atom. The monoisotopic (exact) mass is 399 g/mol. The number of piperazine rings is 1. The largest absolute Gasteiger partial charge is 0.497 e. The van der Waals surface area contributed by atoms with E-state index in [4.69, 9.17) is 4.74 Å². The Morgan fingerprint density at radius 3 is 2.31 bits per heavy atom. The van der Waals surface area contributed by atoms with Crippen LogP contribution < -0.4 is 15.0 Å². The van der Waals surface area contributed by atoms with Crippen LogP contribution in [0.1, 0.15) is 24.9 Å². The first-order valence-corrected chi connectivity index (χ1v) is 9.66. The maximum Gasteiger partial charge on any atom is 0.225 e. The molecule has 1 aliphatic heterocycles. The Labute approximate surface area is 170 Å². The highest BCUT2D eigenvalue weighted by Gasteiger charge is 2.25. The van der Waals surface area contributed by atoms with E-state index >= 15 is 0 Å². The Hall–Kier alpha value is -3.09. The van der Waals surface area contributed by atoms with Crippen molar-refractivity contribution in [2.24, 2.45) is 0 Å². The van der Waals surface area contributed by atoms with Crippen LogP contribution in [-0.2, 0) is 9.59 Å². The normalized spacial score (nSPS) is 15.0.